The number of rotatable bonds is 8. The van der Waals surface area contributed by atoms with Gasteiger partial charge in [-0.05, 0) is 43.9 Å². The number of halogens is 1. The van der Waals surface area contributed by atoms with E-state index in [2.05, 4.69) is 26.1 Å². The van der Waals surface area contributed by atoms with Gasteiger partial charge in [-0.25, -0.2) is 4.39 Å². The van der Waals surface area contributed by atoms with Gasteiger partial charge in [-0.1, -0.05) is 32.4 Å². The summed E-state index contributed by atoms with van der Waals surface area (Å²) in [4.78, 5) is 0. The summed E-state index contributed by atoms with van der Waals surface area (Å²) in [5.41, 5.74) is 0.747. The third kappa shape index (κ3) is 4.50. The lowest BCUT2D eigenvalue weighted by Gasteiger charge is -2.24. The molecule has 0 aliphatic rings. The summed E-state index contributed by atoms with van der Waals surface area (Å²) in [6.45, 7) is 7.51. The molecule has 0 fully saturated rings. The smallest absolute Gasteiger partial charge is 0.168 e. The van der Waals surface area contributed by atoms with Crippen LogP contribution in [0.15, 0.2) is 18.2 Å². The van der Waals surface area contributed by atoms with Gasteiger partial charge in [0.2, 0.25) is 0 Å². The van der Waals surface area contributed by atoms with E-state index in [1.54, 1.807) is 6.07 Å². The van der Waals surface area contributed by atoms with Crippen molar-refractivity contribution in [2.45, 2.75) is 46.1 Å². The van der Waals surface area contributed by atoms with E-state index in [1.807, 2.05) is 12.1 Å². The lowest BCUT2D eigenvalue weighted by molar-refractivity contribution is 0.351. The SMILES string of the molecule is CCCNC(C)C(CC)Cc1cccc(OC)c1F. The Hall–Kier alpha value is -1.09. The fourth-order valence-electron chi connectivity index (χ4n) is 2.37. The maximum absolute atomic E-state index is 14.1. The molecule has 0 aliphatic heterocycles. The van der Waals surface area contributed by atoms with Crippen molar-refractivity contribution in [3.8, 4) is 5.75 Å². The van der Waals surface area contributed by atoms with Crippen molar-refractivity contribution in [1.29, 1.82) is 0 Å². The van der Waals surface area contributed by atoms with Crippen molar-refractivity contribution in [3.05, 3.63) is 29.6 Å². The molecule has 0 amide bonds. The summed E-state index contributed by atoms with van der Waals surface area (Å²) in [5.74, 6) is 0.556. The zero-order valence-corrected chi connectivity index (χ0v) is 12.5. The van der Waals surface area contributed by atoms with Crippen LogP contribution in [0.1, 0.15) is 39.2 Å². The van der Waals surface area contributed by atoms with Crippen LogP contribution in [0.4, 0.5) is 4.39 Å². The molecule has 2 atom stereocenters. The molecule has 0 heterocycles. The molecule has 1 aromatic carbocycles. The molecule has 0 saturated carbocycles. The average Bonchev–Trinajstić information content (AvgIpc) is 2.43. The Morgan fingerprint density at radius 3 is 2.63 bits per heavy atom. The first-order chi connectivity index (χ1) is 9.13. The number of hydrogen-bond donors (Lipinski definition) is 1. The minimum Gasteiger partial charge on any atom is -0.494 e. The van der Waals surface area contributed by atoms with Gasteiger partial charge >= 0.3 is 0 Å². The van der Waals surface area contributed by atoms with Crippen LogP contribution in [0.5, 0.6) is 5.75 Å². The highest BCUT2D eigenvalue weighted by Crippen LogP contribution is 2.24. The van der Waals surface area contributed by atoms with Crippen molar-refractivity contribution in [2.75, 3.05) is 13.7 Å². The normalized spacial score (nSPS) is 14.2. The van der Waals surface area contributed by atoms with Crippen LogP contribution >= 0.6 is 0 Å². The molecule has 0 radical (unpaired) electrons. The lowest BCUT2D eigenvalue weighted by atomic mass is 9.90. The molecule has 1 N–H and O–H groups in total. The first-order valence-electron chi connectivity index (χ1n) is 7.18. The Morgan fingerprint density at radius 1 is 1.32 bits per heavy atom. The third-order valence-electron chi connectivity index (χ3n) is 3.69. The molecule has 0 aromatic heterocycles. The van der Waals surface area contributed by atoms with Gasteiger partial charge < -0.3 is 10.1 Å². The fourth-order valence-corrected chi connectivity index (χ4v) is 2.37. The van der Waals surface area contributed by atoms with E-state index in [9.17, 15) is 4.39 Å². The summed E-state index contributed by atoms with van der Waals surface area (Å²) in [7, 11) is 1.50. The zero-order chi connectivity index (χ0) is 14.3. The van der Waals surface area contributed by atoms with E-state index in [-0.39, 0.29) is 5.82 Å². The fraction of sp³-hybridized carbons (Fsp3) is 0.625. The van der Waals surface area contributed by atoms with Crippen LogP contribution in [0, 0.1) is 11.7 Å². The number of ether oxygens (including phenoxy) is 1. The maximum Gasteiger partial charge on any atom is 0.168 e. The molecular formula is C16H26FNO. The molecular weight excluding hydrogens is 241 g/mol. The topological polar surface area (TPSA) is 21.3 Å². The number of hydrogen-bond acceptors (Lipinski definition) is 2. The van der Waals surface area contributed by atoms with Crippen LogP contribution in [0.3, 0.4) is 0 Å². The van der Waals surface area contributed by atoms with Crippen molar-refractivity contribution in [2.24, 2.45) is 5.92 Å². The van der Waals surface area contributed by atoms with Gasteiger partial charge in [0.05, 0.1) is 7.11 Å². The van der Waals surface area contributed by atoms with Crippen molar-refractivity contribution in [1.82, 2.24) is 5.32 Å². The summed E-state index contributed by atoms with van der Waals surface area (Å²) in [6, 6.07) is 5.77. The molecule has 0 bridgehead atoms. The Balaban J connectivity index is 2.75. The van der Waals surface area contributed by atoms with Crippen molar-refractivity contribution in [3.63, 3.8) is 0 Å². The van der Waals surface area contributed by atoms with Crippen molar-refractivity contribution >= 4 is 0 Å². The lowest BCUT2D eigenvalue weighted by Crippen LogP contribution is -2.35. The third-order valence-corrected chi connectivity index (χ3v) is 3.69. The molecule has 3 heteroatoms. The van der Waals surface area contributed by atoms with Crippen LogP contribution in [0.25, 0.3) is 0 Å². The summed E-state index contributed by atoms with van der Waals surface area (Å²) >= 11 is 0. The maximum atomic E-state index is 14.1. The van der Waals surface area contributed by atoms with Crippen LogP contribution < -0.4 is 10.1 Å². The number of methoxy groups -OCH3 is 1. The largest absolute Gasteiger partial charge is 0.494 e. The zero-order valence-electron chi connectivity index (χ0n) is 12.5. The van der Waals surface area contributed by atoms with Crippen molar-refractivity contribution < 1.29 is 9.13 Å². The van der Waals surface area contributed by atoms with Crippen LogP contribution in [0.2, 0.25) is 0 Å². The Morgan fingerprint density at radius 2 is 2.05 bits per heavy atom. The predicted octanol–water partition coefficient (Wildman–Crippen LogP) is 3.79. The van der Waals surface area contributed by atoms with E-state index < -0.39 is 0 Å². The number of nitrogens with one attached hydrogen (secondary N) is 1. The highest BCUT2D eigenvalue weighted by Gasteiger charge is 2.18. The molecule has 0 aliphatic carbocycles. The first kappa shape index (κ1) is 16.0. The van der Waals surface area contributed by atoms with E-state index in [0.29, 0.717) is 17.7 Å². The minimum absolute atomic E-state index is 0.217. The Labute approximate surface area is 116 Å². The highest BCUT2D eigenvalue weighted by atomic mass is 19.1. The summed E-state index contributed by atoms with van der Waals surface area (Å²) in [5, 5.41) is 3.50. The molecule has 19 heavy (non-hydrogen) atoms. The van der Waals surface area contributed by atoms with E-state index in [4.69, 9.17) is 4.74 Å². The summed E-state index contributed by atoms with van der Waals surface area (Å²) < 4.78 is 19.2. The van der Waals surface area contributed by atoms with Crippen LogP contribution in [-0.4, -0.2) is 19.7 Å². The second-order valence-electron chi connectivity index (χ2n) is 5.05. The van der Waals surface area contributed by atoms with E-state index >= 15 is 0 Å². The van der Waals surface area contributed by atoms with E-state index in [1.165, 1.54) is 7.11 Å². The monoisotopic (exact) mass is 267 g/mol. The van der Waals surface area contributed by atoms with Gasteiger partial charge in [-0.2, -0.15) is 0 Å². The minimum atomic E-state index is -0.217. The highest BCUT2D eigenvalue weighted by molar-refractivity contribution is 5.31. The molecule has 2 unspecified atom stereocenters. The van der Waals surface area contributed by atoms with Gasteiger partial charge in [0, 0.05) is 6.04 Å². The molecule has 0 saturated heterocycles. The van der Waals surface area contributed by atoms with Gasteiger partial charge in [0.1, 0.15) is 0 Å². The van der Waals surface area contributed by atoms with Gasteiger partial charge in [-0.15, -0.1) is 0 Å². The Bertz CT molecular complexity index is 381. The standard InChI is InChI=1S/C16H26FNO/c1-5-10-18-12(3)13(6-2)11-14-8-7-9-15(19-4)16(14)17/h7-9,12-13,18H,5-6,10-11H2,1-4H3. The van der Waals surface area contributed by atoms with Crippen LogP contribution in [-0.2, 0) is 6.42 Å². The second kappa shape index (κ2) is 8.16. The Kier molecular flexibility index (Phi) is 6.85. The van der Waals surface area contributed by atoms with Gasteiger partial charge in [-0.3, -0.25) is 0 Å². The first-order valence-corrected chi connectivity index (χ1v) is 7.18. The second-order valence-corrected chi connectivity index (χ2v) is 5.05. The molecule has 108 valence electrons. The summed E-state index contributed by atoms with van der Waals surface area (Å²) in [6.07, 6.45) is 2.90. The van der Waals surface area contributed by atoms with Gasteiger partial charge in [0.25, 0.3) is 0 Å². The molecule has 1 rings (SSSR count). The number of benzene rings is 1. The quantitative estimate of drug-likeness (QED) is 0.773. The molecule has 0 spiro atoms. The predicted molar refractivity (Wildman–Crippen MR) is 78.2 cm³/mol. The molecule has 1 aromatic rings. The van der Waals surface area contributed by atoms with Gasteiger partial charge in [0.15, 0.2) is 11.6 Å². The average molecular weight is 267 g/mol. The van der Waals surface area contributed by atoms with E-state index in [0.717, 1.165) is 31.4 Å². The molecule has 2 nitrogen and oxygen atoms in total.